The van der Waals surface area contributed by atoms with Crippen LogP contribution in [0.2, 0.25) is 0 Å². The van der Waals surface area contributed by atoms with Crippen LogP contribution in [0.25, 0.3) is 0 Å². The number of hydrogen-bond donors (Lipinski definition) is 0. The van der Waals surface area contributed by atoms with Gasteiger partial charge in [0.1, 0.15) is 11.9 Å². The number of carbonyl (C=O) groups excluding carboxylic acids is 1. The minimum absolute atomic E-state index is 0.257. The van der Waals surface area contributed by atoms with Crippen LogP contribution in [-0.4, -0.2) is 16.9 Å². The zero-order valence-corrected chi connectivity index (χ0v) is 8.78. The van der Waals surface area contributed by atoms with Crippen molar-refractivity contribution in [2.24, 2.45) is 0 Å². The predicted molar refractivity (Wildman–Crippen MR) is 54.4 cm³/mol. The molecule has 0 saturated heterocycles. The summed E-state index contributed by atoms with van der Waals surface area (Å²) in [7, 11) is 0. The molecule has 0 aliphatic heterocycles. The first-order valence-corrected chi connectivity index (χ1v) is 4.60. The highest BCUT2D eigenvalue weighted by atomic mass is 16.5. The van der Waals surface area contributed by atoms with Crippen molar-refractivity contribution >= 4 is 6.29 Å². The van der Waals surface area contributed by atoms with Crippen LogP contribution in [0.3, 0.4) is 0 Å². The molecule has 0 radical (unpaired) electrons. The van der Waals surface area contributed by atoms with Crippen molar-refractivity contribution in [3.8, 4) is 5.88 Å². The lowest BCUT2D eigenvalue weighted by Crippen LogP contribution is -2.23. The first-order valence-electron chi connectivity index (χ1n) is 4.60. The molecule has 14 heavy (non-hydrogen) atoms. The van der Waals surface area contributed by atoms with Gasteiger partial charge < -0.3 is 9.53 Å². The second-order valence-electron chi connectivity index (χ2n) is 4.05. The third kappa shape index (κ3) is 3.56. The summed E-state index contributed by atoms with van der Waals surface area (Å²) >= 11 is 0. The SMILES string of the molecule is CC(C)(C)Oc1cccc(CC=O)n1. The molecule has 0 amide bonds. The lowest BCUT2D eigenvalue weighted by Gasteiger charge is -2.20. The Morgan fingerprint density at radius 3 is 2.71 bits per heavy atom. The van der Waals surface area contributed by atoms with Crippen LogP contribution in [0.15, 0.2) is 18.2 Å². The molecular weight excluding hydrogens is 178 g/mol. The molecule has 0 aromatic carbocycles. The molecule has 0 fully saturated rings. The minimum atomic E-state index is -0.257. The maximum Gasteiger partial charge on any atom is 0.213 e. The Balaban J connectivity index is 2.78. The maximum absolute atomic E-state index is 10.3. The standard InChI is InChI=1S/C11H15NO2/c1-11(2,3)14-10-6-4-5-9(12-10)7-8-13/h4-6,8H,7H2,1-3H3. The Labute approximate surface area is 84.1 Å². The van der Waals surface area contributed by atoms with Gasteiger partial charge in [-0.05, 0) is 26.8 Å². The van der Waals surface area contributed by atoms with E-state index in [2.05, 4.69) is 4.98 Å². The monoisotopic (exact) mass is 193 g/mol. The summed E-state index contributed by atoms with van der Waals surface area (Å²) < 4.78 is 5.56. The highest BCUT2D eigenvalue weighted by Gasteiger charge is 2.12. The van der Waals surface area contributed by atoms with E-state index < -0.39 is 0 Å². The zero-order chi connectivity index (χ0) is 10.6. The summed E-state index contributed by atoms with van der Waals surface area (Å²) in [4.78, 5) is 14.5. The third-order valence-electron chi connectivity index (χ3n) is 1.48. The van der Waals surface area contributed by atoms with Crippen molar-refractivity contribution in [1.29, 1.82) is 0 Å². The van der Waals surface area contributed by atoms with Crippen LogP contribution in [0.5, 0.6) is 5.88 Å². The first kappa shape index (κ1) is 10.7. The molecule has 0 aliphatic carbocycles. The largest absolute Gasteiger partial charge is 0.472 e. The van der Waals surface area contributed by atoms with E-state index in [-0.39, 0.29) is 5.60 Å². The van der Waals surface area contributed by atoms with E-state index in [4.69, 9.17) is 4.74 Å². The van der Waals surface area contributed by atoms with Crippen molar-refractivity contribution in [2.75, 3.05) is 0 Å². The second kappa shape index (κ2) is 4.22. The predicted octanol–water partition coefficient (Wildman–Crippen LogP) is 2.00. The first-order chi connectivity index (χ1) is 6.51. The van der Waals surface area contributed by atoms with Gasteiger partial charge in [-0.15, -0.1) is 0 Å². The van der Waals surface area contributed by atoms with Gasteiger partial charge in [0.15, 0.2) is 0 Å². The third-order valence-corrected chi connectivity index (χ3v) is 1.48. The number of hydrogen-bond acceptors (Lipinski definition) is 3. The molecule has 1 aromatic rings. The number of carbonyl (C=O) groups is 1. The number of aromatic nitrogens is 1. The number of ether oxygens (including phenoxy) is 1. The number of rotatable bonds is 3. The normalized spacial score (nSPS) is 11.1. The van der Waals surface area contributed by atoms with Crippen molar-refractivity contribution in [3.63, 3.8) is 0 Å². The Bertz CT molecular complexity index is 315. The van der Waals surface area contributed by atoms with Crippen LogP contribution in [0, 0.1) is 0 Å². The molecular formula is C11H15NO2. The fraction of sp³-hybridized carbons (Fsp3) is 0.455. The van der Waals surface area contributed by atoms with E-state index in [9.17, 15) is 4.79 Å². The van der Waals surface area contributed by atoms with Gasteiger partial charge in [0.2, 0.25) is 5.88 Å². The average Bonchev–Trinajstić information content (AvgIpc) is 2.02. The van der Waals surface area contributed by atoms with Gasteiger partial charge in [-0.25, -0.2) is 4.98 Å². The highest BCUT2D eigenvalue weighted by Crippen LogP contribution is 2.15. The lowest BCUT2D eigenvalue weighted by atomic mass is 10.2. The van der Waals surface area contributed by atoms with Crippen molar-refractivity contribution in [3.05, 3.63) is 23.9 Å². The molecule has 0 aliphatic rings. The minimum Gasteiger partial charge on any atom is -0.472 e. The topological polar surface area (TPSA) is 39.2 Å². The molecule has 1 aromatic heterocycles. The quantitative estimate of drug-likeness (QED) is 0.689. The molecule has 0 atom stereocenters. The molecule has 1 heterocycles. The smallest absolute Gasteiger partial charge is 0.213 e. The molecule has 76 valence electrons. The van der Waals surface area contributed by atoms with Gasteiger partial charge in [0, 0.05) is 12.5 Å². The van der Waals surface area contributed by atoms with Crippen LogP contribution >= 0.6 is 0 Å². The second-order valence-corrected chi connectivity index (χ2v) is 4.05. The van der Waals surface area contributed by atoms with E-state index in [1.165, 1.54) is 0 Å². The Kier molecular flexibility index (Phi) is 3.23. The summed E-state index contributed by atoms with van der Waals surface area (Å²) in [5, 5.41) is 0. The van der Waals surface area contributed by atoms with E-state index in [1.807, 2.05) is 32.9 Å². The fourth-order valence-electron chi connectivity index (χ4n) is 1.03. The Hall–Kier alpha value is -1.38. The van der Waals surface area contributed by atoms with Crippen molar-refractivity contribution in [1.82, 2.24) is 4.98 Å². The van der Waals surface area contributed by atoms with E-state index in [1.54, 1.807) is 6.07 Å². The van der Waals surface area contributed by atoms with Gasteiger partial charge in [-0.3, -0.25) is 0 Å². The molecule has 0 N–H and O–H groups in total. The highest BCUT2D eigenvalue weighted by molar-refractivity contribution is 5.53. The lowest BCUT2D eigenvalue weighted by molar-refractivity contribution is -0.107. The van der Waals surface area contributed by atoms with E-state index >= 15 is 0 Å². The van der Waals surface area contributed by atoms with Gasteiger partial charge >= 0.3 is 0 Å². The maximum atomic E-state index is 10.3. The van der Waals surface area contributed by atoms with Gasteiger partial charge in [0.05, 0.1) is 5.69 Å². The molecule has 0 spiro atoms. The molecule has 0 bridgehead atoms. The van der Waals surface area contributed by atoms with Crippen molar-refractivity contribution in [2.45, 2.75) is 32.8 Å². The van der Waals surface area contributed by atoms with Gasteiger partial charge in [-0.2, -0.15) is 0 Å². The number of nitrogens with zero attached hydrogens (tertiary/aromatic N) is 1. The molecule has 3 heteroatoms. The van der Waals surface area contributed by atoms with Gasteiger partial charge in [0.25, 0.3) is 0 Å². The van der Waals surface area contributed by atoms with Gasteiger partial charge in [-0.1, -0.05) is 6.07 Å². The fourth-order valence-corrected chi connectivity index (χ4v) is 1.03. The summed E-state index contributed by atoms with van der Waals surface area (Å²) in [5.74, 6) is 0.567. The molecule has 1 rings (SSSR count). The number of pyridine rings is 1. The van der Waals surface area contributed by atoms with Crippen molar-refractivity contribution < 1.29 is 9.53 Å². The van der Waals surface area contributed by atoms with Crippen LogP contribution in [0.4, 0.5) is 0 Å². The molecule has 3 nitrogen and oxygen atoms in total. The summed E-state index contributed by atoms with van der Waals surface area (Å²) in [6.07, 6.45) is 1.17. The Morgan fingerprint density at radius 2 is 2.14 bits per heavy atom. The van der Waals surface area contributed by atoms with E-state index in [0.29, 0.717) is 12.3 Å². The average molecular weight is 193 g/mol. The summed E-state index contributed by atoms with van der Waals surface area (Å²) in [6.45, 7) is 5.88. The summed E-state index contributed by atoms with van der Waals surface area (Å²) in [5.41, 5.74) is 0.481. The zero-order valence-electron chi connectivity index (χ0n) is 8.78. The summed E-state index contributed by atoms with van der Waals surface area (Å²) in [6, 6.07) is 5.44. The molecule has 0 unspecified atom stereocenters. The van der Waals surface area contributed by atoms with Crippen LogP contribution in [0.1, 0.15) is 26.5 Å². The van der Waals surface area contributed by atoms with Crippen LogP contribution < -0.4 is 4.74 Å². The molecule has 0 saturated carbocycles. The van der Waals surface area contributed by atoms with E-state index in [0.717, 1.165) is 12.0 Å². The Morgan fingerprint density at radius 1 is 1.43 bits per heavy atom. The van der Waals surface area contributed by atoms with Crippen LogP contribution in [-0.2, 0) is 11.2 Å². The number of aldehydes is 1.